The number of rotatable bonds is 13. The van der Waals surface area contributed by atoms with Gasteiger partial charge in [0.25, 0.3) is 0 Å². The Kier molecular flexibility index (Phi) is 10.8. The lowest BCUT2D eigenvalue weighted by Gasteiger charge is -2.35. The van der Waals surface area contributed by atoms with E-state index in [0.717, 1.165) is 61.8 Å². The Morgan fingerprint density at radius 1 is 1.09 bits per heavy atom. The summed E-state index contributed by atoms with van der Waals surface area (Å²) in [6.45, 7) is 8.15. The van der Waals surface area contributed by atoms with E-state index in [1.165, 1.54) is 6.07 Å². The summed E-state index contributed by atoms with van der Waals surface area (Å²) in [5.41, 5.74) is 3.18. The molecule has 45 heavy (non-hydrogen) atoms. The second kappa shape index (κ2) is 14.8. The smallest absolute Gasteiger partial charge is 0.308 e. The van der Waals surface area contributed by atoms with E-state index in [2.05, 4.69) is 19.9 Å². The van der Waals surface area contributed by atoms with Crippen LogP contribution in [0.1, 0.15) is 87.8 Å². The molecule has 3 aliphatic rings. The van der Waals surface area contributed by atoms with Crippen LogP contribution in [0, 0.1) is 18.7 Å². The zero-order valence-corrected chi connectivity index (χ0v) is 27.0. The van der Waals surface area contributed by atoms with Crippen molar-refractivity contribution in [2.75, 3.05) is 37.7 Å². The van der Waals surface area contributed by atoms with Gasteiger partial charge in [-0.1, -0.05) is 38.8 Å². The summed E-state index contributed by atoms with van der Waals surface area (Å²) >= 11 is 0. The first-order chi connectivity index (χ1) is 21.7. The number of hydrogen-bond acceptors (Lipinski definition) is 5. The van der Waals surface area contributed by atoms with Gasteiger partial charge in [-0.15, -0.1) is 0 Å². The van der Waals surface area contributed by atoms with Crippen LogP contribution in [0.25, 0.3) is 0 Å². The molecular weight excluding hydrogens is 573 g/mol. The van der Waals surface area contributed by atoms with Gasteiger partial charge in [-0.2, -0.15) is 0 Å². The van der Waals surface area contributed by atoms with Gasteiger partial charge >= 0.3 is 5.97 Å². The molecule has 0 unspecified atom stereocenters. The number of hydrogen-bond donors (Lipinski definition) is 1. The lowest BCUT2D eigenvalue weighted by atomic mass is 9.83. The van der Waals surface area contributed by atoms with Gasteiger partial charge in [-0.05, 0) is 80.0 Å². The van der Waals surface area contributed by atoms with Crippen molar-refractivity contribution in [2.45, 2.75) is 96.6 Å². The standard InChI is InChI=1S/C36H48FN3O5/c1-4-8-27(9-5-2)40(28-12-13-30(37)24(3)20-28)34(42)23-39-22-29(25-11-14-32-26(21-25)16-19-45-32)35(36(43)44)31(39)15-18-38-17-7-6-10-33(38)41/h11-14,20-21,27,29,31,35H,4-10,15-19,22-23H2,1-3H3,(H,43,44)/t29-,31+,35-/m1/s1. The first-order valence-corrected chi connectivity index (χ1v) is 16.8. The Balaban J connectivity index is 1.47. The van der Waals surface area contributed by atoms with E-state index >= 15 is 0 Å². The molecule has 2 aromatic carbocycles. The highest BCUT2D eigenvalue weighted by Gasteiger charge is 2.47. The van der Waals surface area contributed by atoms with E-state index in [-0.39, 0.29) is 36.1 Å². The molecule has 5 rings (SSSR count). The van der Waals surface area contributed by atoms with Crippen molar-refractivity contribution in [1.29, 1.82) is 0 Å². The number of amides is 2. The van der Waals surface area contributed by atoms with Crippen molar-refractivity contribution >= 4 is 23.5 Å². The van der Waals surface area contributed by atoms with E-state index < -0.39 is 17.9 Å². The van der Waals surface area contributed by atoms with E-state index in [1.807, 2.05) is 26.8 Å². The number of aliphatic carboxylic acids is 1. The van der Waals surface area contributed by atoms with Crippen LogP contribution < -0.4 is 9.64 Å². The Hall–Kier alpha value is -3.46. The molecule has 2 saturated heterocycles. The van der Waals surface area contributed by atoms with Crippen LogP contribution >= 0.6 is 0 Å². The normalized spacial score (nSPS) is 21.7. The molecule has 0 radical (unpaired) electrons. The number of carbonyl (C=O) groups is 3. The lowest BCUT2D eigenvalue weighted by Crippen LogP contribution is -2.49. The van der Waals surface area contributed by atoms with Crippen LogP contribution in [0.15, 0.2) is 36.4 Å². The highest BCUT2D eigenvalue weighted by atomic mass is 19.1. The molecule has 2 fully saturated rings. The quantitative estimate of drug-likeness (QED) is 0.298. The van der Waals surface area contributed by atoms with Crippen LogP contribution in [0.2, 0.25) is 0 Å². The molecule has 0 saturated carbocycles. The molecule has 3 aliphatic heterocycles. The summed E-state index contributed by atoms with van der Waals surface area (Å²) < 4.78 is 20.0. The molecule has 244 valence electrons. The minimum atomic E-state index is -0.887. The number of nitrogens with zero attached hydrogens (tertiary/aromatic N) is 3. The molecule has 9 heteroatoms. The predicted molar refractivity (Wildman–Crippen MR) is 172 cm³/mol. The number of carboxylic acids is 1. The average Bonchev–Trinajstić information content (AvgIpc) is 3.63. The summed E-state index contributed by atoms with van der Waals surface area (Å²) in [7, 11) is 0. The zero-order chi connectivity index (χ0) is 32.1. The monoisotopic (exact) mass is 621 g/mol. The summed E-state index contributed by atoms with van der Waals surface area (Å²) in [5.74, 6) is -1.40. The number of carboxylic acid groups (broad SMARTS) is 1. The largest absolute Gasteiger partial charge is 0.493 e. The van der Waals surface area contributed by atoms with Crippen molar-refractivity contribution in [3.63, 3.8) is 0 Å². The third-order valence-electron chi connectivity index (χ3n) is 9.93. The summed E-state index contributed by atoms with van der Waals surface area (Å²) in [6, 6.07) is 10.3. The van der Waals surface area contributed by atoms with Crippen molar-refractivity contribution < 1.29 is 28.6 Å². The Labute approximate surface area is 266 Å². The highest BCUT2D eigenvalue weighted by Crippen LogP contribution is 2.41. The maximum absolute atomic E-state index is 14.4. The molecule has 3 heterocycles. The van der Waals surface area contributed by atoms with Gasteiger partial charge in [-0.3, -0.25) is 19.3 Å². The molecule has 0 aromatic heterocycles. The number of ether oxygens (including phenoxy) is 1. The molecule has 0 aliphatic carbocycles. The van der Waals surface area contributed by atoms with Crippen molar-refractivity contribution in [3.8, 4) is 5.75 Å². The van der Waals surface area contributed by atoms with Crippen molar-refractivity contribution in [1.82, 2.24) is 9.80 Å². The van der Waals surface area contributed by atoms with Gasteiger partial charge in [0.1, 0.15) is 11.6 Å². The van der Waals surface area contributed by atoms with Crippen molar-refractivity contribution in [3.05, 3.63) is 58.9 Å². The predicted octanol–water partition coefficient (Wildman–Crippen LogP) is 5.94. The fourth-order valence-corrected chi connectivity index (χ4v) is 7.67. The highest BCUT2D eigenvalue weighted by molar-refractivity contribution is 5.95. The number of piperidine rings is 1. The Morgan fingerprint density at radius 2 is 1.87 bits per heavy atom. The van der Waals surface area contributed by atoms with E-state index in [9.17, 15) is 23.9 Å². The molecule has 8 nitrogen and oxygen atoms in total. The van der Waals surface area contributed by atoms with Gasteiger partial charge < -0.3 is 19.6 Å². The van der Waals surface area contributed by atoms with Gasteiger partial charge in [0.05, 0.1) is 19.1 Å². The SMILES string of the molecule is CCCC(CCC)N(C(=O)CN1C[C@H](c2ccc3c(c2)CCO3)[C@@H](C(=O)O)[C@@H]1CCN1CCCCC1=O)c1ccc(F)c(C)c1. The minimum absolute atomic E-state index is 0.0489. The van der Waals surface area contributed by atoms with Crippen LogP contribution in [0.3, 0.4) is 0 Å². The lowest BCUT2D eigenvalue weighted by molar-refractivity contribution is -0.143. The molecule has 3 atom stereocenters. The molecule has 0 bridgehead atoms. The van der Waals surface area contributed by atoms with Crippen LogP contribution in [-0.4, -0.2) is 77.6 Å². The Morgan fingerprint density at radius 3 is 2.56 bits per heavy atom. The molecule has 2 aromatic rings. The topological polar surface area (TPSA) is 90.4 Å². The fourth-order valence-electron chi connectivity index (χ4n) is 7.67. The maximum Gasteiger partial charge on any atom is 0.308 e. The fraction of sp³-hybridized carbons (Fsp3) is 0.583. The number of carbonyl (C=O) groups excluding carboxylic acids is 2. The van der Waals surface area contributed by atoms with E-state index in [4.69, 9.17) is 4.74 Å². The molecule has 0 spiro atoms. The molecule has 2 amide bonds. The number of anilines is 1. The van der Waals surface area contributed by atoms with Gasteiger partial charge in [0.2, 0.25) is 11.8 Å². The van der Waals surface area contributed by atoms with Crippen LogP contribution in [0.5, 0.6) is 5.75 Å². The average molecular weight is 622 g/mol. The second-order valence-electron chi connectivity index (χ2n) is 13.0. The maximum atomic E-state index is 14.4. The summed E-state index contributed by atoms with van der Waals surface area (Å²) in [4.78, 5) is 45.8. The minimum Gasteiger partial charge on any atom is -0.493 e. The van der Waals surface area contributed by atoms with Gasteiger partial charge in [-0.25, -0.2) is 4.39 Å². The van der Waals surface area contributed by atoms with Crippen LogP contribution in [0.4, 0.5) is 10.1 Å². The first kappa shape index (κ1) is 32.9. The molecule has 1 N–H and O–H groups in total. The summed E-state index contributed by atoms with van der Waals surface area (Å²) in [6.07, 6.45) is 7.05. The number of likely N-dealkylation sites (tertiary alicyclic amines) is 2. The Bertz CT molecular complexity index is 1380. The van der Waals surface area contributed by atoms with E-state index in [1.54, 1.807) is 19.1 Å². The summed E-state index contributed by atoms with van der Waals surface area (Å²) in [5, 5.41) is 10.7. The number of aryl methyl sites for hydroxylation is 1. The zero-order valence-electron chi connectivity index (χ0n) is 27.0. The number of benzene rings is 2. The number of fused-ring (bicyclic) bond motifs is 1. The van der Waals surface area contributed by atoms with Gasteiger partial charge in [0, 0.05) is 56.2 Å². The third kappa shape index (κ3) is 7.35. The third-order valence-corrected chi connectivity index (χ3v) is 9.93. The molecular formula is C36H48FN3O5. The van der Waals surface area contributed by atoms with E-state index in [0.29, 0.717) is 50.3 Å². The number of halogens is 1. The van der Waals surface area contributed by atoms with Crippen molar-refractivity contribution in [2.24, 2.45) is 5.92 Å². The van der Waals surface area contributed by atoms with Gasteiger partial charge in [0.15, 0.2) is 0 Å². The van der Waals surface area contributed by atoms with Crippen LogP contribution in [-0.2, 0) is 20.8 Å². The second-order valence-corrected chi connectivity index (χ2v) is 13.0. The first-order valence-electron chi connectivity index (χ1n) is 16.8.